The molecule has 0 atom stereocenters. The Morgan fingerprint density at radius 2 is 1.68 bits per heavy atom. The van der Waals surface area contributed by atoms with E-state index in [1.54, 1.807) is 12.1 Å². The van der Waals surface area contributed by atoms with E-state index in [1.807, 2.05) is 24.3 Å². The number of rotatable bonds is 5. The van der Waals surface area contributed by atoms with E-state index in [-0.39, 0.29) is 5.82 Å². The maximum absolute atomic E-state index is 13.5. The Morgan fingerprint density at radius 3 is 2.37 bits per heavy atom. The lowest BCUT2D eigenvalue weighted by molar-refractivity contribution is 0.332. The highest BCUT2D eigenvalue weighted by molar-refractivity contribution is 9.10. The van der Waals surface area contributed by atoms with Crippen LogP contribution in [-0.2, 0) is 0 Å². The fourth-order valence-electron chi connectivity index (χ4n) is 1.52. The predicted octanol–water partition coefficient (Wildman–Crippen LogP) is 4.84. The summed E-state index contributed by atoms with van der Waals surface area (Å²) in [6.45, 7) is 1.01. The number of nitrogens with one attached hydrogen (secondary N) is 1. The zero-order valence-electron chi connectivity index (χ0n) is 10.00. The minimum atomic E-state index is -0.280. The molecule has 0 amide bonds. The summed E-state index contributed by atoms with van der Waals surface area (Å²) in [5.74, 6) is 0.513. The van der Waals surface area contributed by atoms with Gasteiger partial charge < -0.3 is 10.1 Å². The molecular weight excluding hydrogens is 377 g/mol. The van der Waals surface area contributed by atoms with Gasteiger partial charge in [-0.3, -0.25) is 0 Å². The normalized spacial score (nSPS) is 10.3. The average molecular weight is 389 g/mol. The zero-order chi connectivity index (χ0) is 13.7. The summed E-state index contributed by atoms with van der Waals surface area (Å²) in [5, 5.41) is 2.99. The first kappa shape index (κ1) is 14.3. The van der Waals surface area contributed by atoms with Gasteiger partial charge in [0.05, 0.1) is 5.69 Å². The van der Waals surface area contributed by atoms with Crippen LogP contribution >= 0.6 is 31.9 Å². The van der Waals surface area contributed by atoms with Gasteiger partial charge in [0.25, 0.3) is 0 Å². The molecule has 0 unspecified atom stereocenters. The quantitative estimate of drug-likeness (QED) is 0.740. The minimum Gasteiger partial charge on any atom is -0.492 e. The van der Waals surface area contributed by atoms with Gasteiger partial charge in [-0.1, -0.05) is 31.9 Å². The van der Waals surface area contributed by atoms with Crippen molar-refractivity contribution >= 4 is 37.5 Å². The van der Waals surface area contributed by atoms with Crippen LogP contribution in [0.25, 0.3) is 0 Å². The summed E-state index contributed by atoms with van der Waals surface area (Å²) in [4.78, 5) is 0. The Bertz CT molecular complexity index is 546. The molecule has 0 aliphatic heterocycles. The van der Waals surface area contributed by atoms with Crippen LogP contribution < -0.4 is 10.1 Å². The van der Waals surface area contributed by atoms with Crippen molar-refractivity contribution in [1.82, 2.24) is 0 Å². The molecule has 0 fully saturated rings. The maximum Gasteiger partial charge on any atom is 0.147 e. The standard InChI is InChI=1S/C14H12Br2FNO/c15-10-1-4-12(5-2-10)19-8-7-18-14-6-3-11(16)9-13(14)17/h1-6,9,18H,7-8H2. The van der Waals surface area contributed by atoms with E-state index in [2.05, 4.69) is 37.2 Å². The fourth-order valence-corrected chi connectivity index (χ4v) is 2.12. The number of halogens is 3. The van der Waals surface area contributed by atoms with Gasteiger partial charge in [0.1, 0.15) is 18.2 Å². The summed E-state index contributed by atoms with van der Waals surface area (Å²) in [6, 6.07) is 12.5. The molecule has 5 heteroatoms. The molecule has 0 aliphatic rings. The van der Waals surface area contributed by atoms with Crippen molar-refractivity contribution in [3.8, 4) is 5.75 Å². The molecule has 2 nitrogen and oxygen atoms in total. The molecule has 0 radical (unpaired) electrons. The van der Waals surface area contributed by atoms with Crippen molar-refractivity contribution in [3.63, 3.8) is 0 Å². The lowest BCUT2D eigenvalue weighted by Crippen LogP contribution is -2.12. The second kappa shape index (κ2) is 6.91. The van der Waals surface area contributed by atoms with Gasteiger partial charge >= 0.3 is 0 Å². The van der Waals surface area contributed by atoms with Crippen molar-refractivity contribution in [3.05, 3.63) is 57.2 Å². The van der Waals surface area contributed by atoms with Gasteiger partial charge in [-0.05, 0) is 42.5 Å². The van der Waals surface area contributed by atoms with Crippen molar-refractivity contribution < 1.29 is 9.13 Å². The van der Waals surface area contributed by atoms with Crippen molar-refractivity contribution in [2.24, 2.45) is 0 Å². The number of hydrogen-bond donors (Lipinski definition) is 1. The van der Waals surface area contributed by atoms with Crippen LogP contribution in [0.2, 0.25) is 0 Å². The van der Waals surface area contributed by atoms with E-state index in [0.29, 0.717) is 18.8 Å². The van der Waals surface area contributed by atoms with Gasteiger partial charge in [0.15, 0.2) is 0 Å². The molecule has 19 heavy (non-hydrogen) atoms. The van der Waals surface area contributed by atoms with Crippen LogP contribution in [0.4, 0.5) is 10.1 Å². The van der Waals surface area contributed by atoms with Gasteiger partial charge in [0.2, 0.25) is 0 Å². The van der Waals surface area contributed by atoms with Gasteiger partial charge in [-0.25, -0.2) is 4.39 Å². The maximum atomic E-state index is 13.5. The Kier molecular flexibility index (Phi) is 5.22. The summed E-state index contributed by atoms with van der Waals surface area (Å²) in [5.41, 5.74) is 0.475. The highest BCUT2D eigenvalue weighted by Gasteiger charge is 2.01. The Morgan fingerprint density at radius 1 is 1.00 bits per heavy atom. The first-order valence-corrected chi connectivity index (χ1v) is 7.31. The molecule has 0 spiro atoms. The predicted molar refractivity (Wildman–Crippen MR) is 82.2 cm³/mol. The van der Waals surface area contributed by atoms with Gasteiger partial charge in [0, 0.05) is 15.5 Å². The monoisotopic (exact) mass is 387 g/mol. The molecule has 100 valence electrons. The highest BCUT2D eigenvalue weighted by atomic mass is 79.9. The number of anilines is 1. The van der Waals surface area contributed by atoms with E-state index < -0.39 is 0 Å². The molecule has 0 bridgehead atoms. The van der Waals surface area contributed by atoms with E-state index in [4.69, 9.17) is 4.74 Å². The highest BCUT2D eigenvalue weighted by Crippen LogP contribution is 2.19. The van der Waals surface area contributed by atoms with E-state index in [0.717, 1.165) is 14.7 Å². The molecule has 0 aromatic heterocycles. The molecule has 0 saturated heterocycles. The van der Waals surface area contributed by atoms with Crippen LogP contribution in [0.3, 0.4) is 0 Å². The van der Waals surface area contributed by atoms with Crippen LogP contribution in [0.5, 0.6) is 5.75 Å². The SMILES string of the molecule is Fc1cc(Br)ccc1NCCOc1ccc(Br)cc1. The summed E-state index contributed by atoms with van der Waals surface area (Å²) in [6.07, 6.45) is 0. The van der Waals surface area contributed by atoms with E-state index >= 15 is 0 Å². The molecule has 0 saturated carbocycles. The Balaban J connectivity index is 1.79. The fraction of sp³-hybridized carbons (Fsp3) is 0.143. The molecular formula is C14H12Br2FNO. The van der Waals surface area contributed by atoms with Crippen LogP contribution in [0, 0.1) is 5.82 Å². The third-order valence-corrected chi connectivity index (χ3v) is 3.45. The first-order valence-electron chi connectivity index (χ1n) is 5.72. The minimum absolute atomic E-state index is 0.280. The summed E-state index contributed by atoms with van der Waals surface area (Å²) in [7, 11) is 0. The van der Waals surface area contributed by atoms with Gasteiger partial charge in [-0.15, -0.1) is 0 Å². The number of ether oxygens (including phenoxy) is 1. The van der Waals surface area contributed by atoms with Crippen molar-refractivity contribution in [2.45, 2.75) is 0 Å². The second-order valence-electron chi connectivity index (χ2n) is 3.85. The topological polar surface area (TPSA) is 21.3 Å². The molecule has 0 aliphatic carbocycles. The second-order valence-corrected chi connectivity index (χ2v) is 5.68. The third-order valence-electron chi connectivity index (χ3n) is 2.43. The average Bonchev–Trinajstić information content (AvgIpc) is 2.39. The third kappa shape index (κ3) is 4.51. The zero-order valence-corrected chi connectivity index (χ0v) is 13.2. The number of benzene rings is 2. The molecule has 1 N–H and O–H groups in total. The lowest BCUT2D eigenvalue weighted by atomic mass is 10.3. The Hall–Kier alpha value is -1.07. The molecule has 2 aromatic rings. The number of hydrogen-bond acceptors (Lipinski definition) is 2. The van der Waals surface area contributed by atoms with Crippen LogP contribution in [0.1, 0.15) is 0 Å². The van der Waals surface area contributed by atoms with E-state index in [9.17, 15) is 4.39 Å². The smallest absolute Gasteiger partial charge is 0.147 e. The van der Waals surface area contributed by atoms with Crippen LogP contribution in [-0.4, -0.2) is 13.2 Å². The summed E-state index contributed by atoms with van der Waals surface area (Å²) < 4.78 is 20.8. The molecule has 0 heterocycles. The van der Waals surface area contributed by atoms with Crippen molar-refractivity contribution in [2.75, 3.05) is 18.5 Å². The lowest BCUT2D eigenvalue weighted by Gasteiger charge is -2.09. The molecule has 2 aromatic carbocycles. The largest absolute Gasteiger partial charge is 0.492 e. The van der Waals surface area contributed by atoms with Crippen LogP contribution in [0.15, 0.2) is 51.4 Å². The van der Waals surface area contributed by atoms with E-state index in [1.165, 1.54) is 6.07 Å². The Labute approximate surface area is 128 Å². The first-order chi connectivity index (χ1) is 9.15. The summed E-state index contributed by atoms with van der Waals surface area (Å²) >= 11 is 6.58. The van der Waals surface area contributed by atoms with Crippen molar-refractivity contribution in [1.29, 1.82) is 0 Å². The van der Waals surface area contributed by atoms with Gasteiger partial charge in [-0.2, -0.15) is 0 Å². The molecule has 2 rings (SSSR count).